The van der Waals surface area contributed by atoms with Crippen molar-refractivity contribution in [2.75, 3.05) is 0 Å². The third-order valence-electron chi connectivity index (χ3n) is 4.89. The van der Waals surface area contributed by atoms with E-state index in [4.69, 9.17) is 13.7 Å². The smallest absolute Gasteiger partial charge is 0.311 e. The van der Waals surface area contributed by atoms with Crippen LogP contribution in [0.4, 0.5) is 0 Å². The number of furan rings is 1. The van der Waals surface area contributed by atoms with Crippen molar-refractivity contribution in [2.24, 2.45) is 0 Å². The number of aromatic nitrogens is 3. The standard InChI is InChI=1S/C23H17N3O4/c1-14(23-25-22(26-30-23)16-6-4-10-24-12-16)29-20(27)11-17-13-28-19-9-8-15-5-2-3-7-18(15)21(17)19/h2-10,12-14H,11H2,1H3. The summed E-state index contributed by atoms with van der Waals surface area (Å²) in [6, 6.07) is 15.5. The fourth-order valence-electron chi connectivity index (χ4n) is 3.46. The van der Waals surface area contributed by atoms with Crippen molar-refractivity contribution in [2.45, 2.75) is 19.4 Å². The van der Waals surface area contributed by atoms with E-state index in [0.29, 0.717) is 5.82 Å². The molecular formula is C23H17N3O4. The van der Waals surface area contributed by atoms with Crippen LogP contribution >= 0.6 is 0 Å². The second-order valence-corrected chi connectivity index (χ2v) is 6.93. The first kappa shape index (κ1) is 18.1. The van der Waals surface area contributed by atoms with E-state index in [9.17, 15) is 4.79 Å². The second-order valence-electron chi connectivity index (χ2n) is 6.93. The molecule has 30 heavy (non-hydrogen) atoms. The fraction of sp³-hybridized carbons (Fsp3) is 0.130. The van der Waals surface area contributed by atoms with Gasteiger partial charge in [-0.1, -0.05) is 35.5 Å². The first-order valence-electron chi connectivity index (χ1n) is 9.50. The van der Waals surface area contributed by atoms with Crippen molar-refractivity contribution in [3.05, 3.63) is 78.6 Å². The first-order chi connectivity index (χ1) is 14.7. The molecule has 1 unspecified atom stereocenters. The van der Waals surface area contributed by atoms with Crippen molar-refractivity contribution in [1.29, 1.82) is 0 Å². The molecular weight excluding hydrogens is 382 g/mol. The summed E-state index contributed by atoms with van der Waals surface area (Å²) in [6.45, 7) is 1.70. The van der Waals surface area contributed by atoms with Gasteiger partial charge in [0.15, 0.2) is 6.10 Å². The Balaban J connectivity index is 1.34. The number of carbonyl (C=O) groups excluding carboxylic acids is 1. The van der Waals surface area contributed by atoms with Crippen LogP contribution in [0.15, 0.2) is 76.1 Å². The number of hydrogen-bond donors (Lipinski definition) is 0. The van der Waals surface area contributed by atoms with Crippen molar-refractivity contribution < 1.29 is 18.5 Å². The number of esters is 1. The minimum atomic E-state index is -0.676. The Morgan fingerprint density at radius 1 is 1.13 bits per heavy atom. The van der Waals surface area contributed by atoms with Crippen LogP contribution < -0.4 is 0 Å². The van der Waals surface area contributed by atoms with Crippen molar-refractivity contribution >= 4 is 27.7 Å². The lowest BCUT2D eigenvalue weighted by molar-refractivity contribution is -0.148. The van der Waals surface area contributed by atoms with E-state index in [0.717, 1.165) is 32.9 Å². The molecule has 0 aliphatic heterocycles. The Hall–Kier alpha value is -4.00. The summed E-state index contributed by atoms with van der Waals surface area (Å²) >= 11 is 0. The quantitative estimate of drug-likeness (QED) is 0.389. The molecule has 0 aliphatic carbocycles. The molecule has 7 heteroatoms. The van der Waals surface area contributed by atoms with Crippen LogP contribution in [0.25, 0.3) is 33.1 Å². The summed E-state index contributed by atoms with van der Waals surface area (Å²) in [7, 11) is 0. The second kappa shape index (κ2) is 7.44. The van der Waals surface area contributed by atoms with Gasteiger partial charge in [0, 0.05) is 28.9 Å². The van der Waals surface area contributed by atoms with Crippen molar-refractivity contribution in [3.8, 4) is 11.4 Å². The summed E-state index contributed by atoms with van der Waals surface area (Å²) in [6.07, 6.45) is 4.31. The van der Waals surface area contributed by atoms with E-state index in [-0.39, 0.29) is 12.3 Å². The lowest BCUT2D eigenvalue weighted by Crippen LogP contribution is -2.11. The lowest BCUT2D eigenvalue weighted by atomic mass is 10.0. The van der Waals surface area contributed by atoms with Crippen LogP contribution in [-0.2, 0) is 16.0 Å². The Bertz CT molecular complexity index is 1340. The van der Waals surface area contributed by atoms with E-state index < -0.39 is 12.1 Å². The Labute approximate surface area is 171 Å². The van der Waals surface area contributed by atoms with E-state index in [1.807, 2.05) is 42.5 Å². The Morgan fingerprint density at radius 3 is 2.90 bits per heavy atom. The third kappa shape index (κ3) is 3.30. The van der Waals surface area contributed by atoms with Gasteiger partial charge < -0.3 is 13.7 Å². The zero-order valence-corrected chi connectivity index (χ0v) is 16.1. The van der Waals surface area contributed by atoms with Gasteiger partial charge in [-0.05, 0) is 35.9 Å². The van der Waals surface area contributed by atoms with Crippen LogP contribution in [0.2, 0.25) is 0 Å². The molecule has 0 aliphatic rings. The number of benzene rings is 2. The number of carbonyl (C=O) groups is 1. The summed E-state index contributed by atoms with van der Waals surface area (Å²) in [4.78, 5) is 20.9. The van der Waals surface area contributed by atoms with E-state index in [2.05, 4.69) is 15.1 Å². The molecule has 0 saturated carbocycles. The van der Waals surface area contributed by atoms with Crippen LogP contribution in [0.1, 0.15) is 24.5 Å². The molecule has 0 spiro atoms. The SMILES string of the molecule is CC(OC(=O)Cc1coc2ccc3ccccc3c12)c1nc(-c2cccnc2)no1. The maximum atomic E-state index is 12.6. The molecule has 0 amide bonds. The molecule has 7 nitrogen and oxygen atoms in total. The highest BCUT2D eigenvalue weighted by Crippen LogP contribution is 2.30. The topological polar surface area (TPSA) is 91.2 Å². The molecule has 3 heterocycles. The van der Waals surface area contributed by atoms with Gasteiger partial charge in [0.2, 0.25) is 5.82 Å². The molecule has 0 saturated heterocycles. The molecule has 0 bridgehead atoms. The number of hydrogen-bond acceptors (Lipinski definition) is 7. The molecule has 0 fully saturated rings. The van der Waals surface area contributed by atoms with Crippen LogP contribution in [0, 0.1) is 0 Å². The molecule has 0 radical (unpaired) electrons. The maximum absolute atomic E-state index is 12.6. The van der Waals surface area contributed by atoms with Crippen molar-refractivity contribution in [3.63, 3.8) is 0 Å². The van der Waals surface area contributed by atoms with Crippen LogP contribution in [0.3, 0.4) is 0 Å². The minimum Gasteiger partial charge on any atom is -0.464 e. The normalized spacial score (nSPS) is 12.3. The van der Waals surface area contributed by atoms with Gasteiger partial charge in [0.05, 0.1) is 12.7 Å². The average Bonchev–Trinajstić information content (AvgIpc) is 3.42. The number of pyridine rings is 1. The zero-order chi connectivity index (χ0) is 20.5. The maximum Gasteiger partial charge on any atom is 0.311 e. The lowest BCUT2D eigenvalue weighted by Gasteiger charge is -2.09. The molecule has 1 atom stereocenters. The number of ether oxygens (including phenoxy) is 1. The predicted octanol–water partition coefficient (Wildman–Crippen LogP) is 4.88. The van der Waals surface area contributed by atoms with E-state index in [1.54, 1.807) is 31.6 Å². The Morgan fingerprint density at radius 2 is 2.03 bits per heavy atom. The van der Waals surface area contributed by atoms with Gasteiger partial charge in [-0.3, -0.25) is 9.78 Å². The number of fused-ring (bicyclic) bond motifs is 3. The fourth-order valence-corrected chi connectivity index (χ4v) is 3.46. The van der Waals surface area contributed by atoms with E-state index >= 15 is 0 Å². The van der Waals surface area contributed by atoms with Crippen LogP contribution in [-0.4, -0.2) is 21.1 Å². The highest BCUT2D eigenvalue weighted by atomic mass is 16.6. The van der Waals surface area contributed by atoms with Crippen LogP contribution in [0.5, 0.6) is 0 Å². The third-order valence-corrected chi connectivity index (χ3v) is 4.89. The van der Waals surface area contributed by atoms with E-state index in [1.165, 1.54) is 0 Å². The van der Waals surface area contributed by atoms with Gasteiger partial charge in [0.1, 0.15) is 5.58 Å². The van der Waals surface area contributed by atoms with Gasteiger partial charge >= 0.3 is 5.97 Å². The van der Waals surface area contributed by atoms with Gasteiger partial charge in [0.25, 0.3) is 5.89 Å². The first-order valence-corrected chi connectivity index (χ1v) is 9.50. The van der Waals surface area contributed by atoms with Gasteiger partial charge in [-0.15, -0.1) is 0 Å². The van der Waals surface area contributed by atoms with Gasteiger partial charge in [-0.2, -0.15) is 4.98 Å². The summed E-state index contributed by atoms with van der Waals surface area (Å²) in [5.41, 5.74) is 2.24. The van der Waals surface area contributed by atoms with Gasteiger partial charge in [-0.25, -0.2) is 0 Å². The van der Waals surface area contributed by atoms with Crippen molar-refractivity contribution in [1.82, 2.24) is 15.1 Å². The highest BCUT2D eigenvalue weighted by molar-refractivity contribution is 6.08. The molecule has 5 rings (SSSR count). The molecule has 3 aromatic heterocycles. The monoisotopic (exact) mass is 399 g/mol. The zero-order valence-electron chi connectivity index (χ0n) is 16.1. The molecule has 0 N–H and O–H groups in total. The molecule has 2 aromatic carbocycles. The average molecular weight is 399 g/mol. The number of rotatable bonds is 5. The summed E-state index contributed by atoms with van der Waals surface area (Å²) < 4.78 is 16.4. The predicted molar refractivity (Wildman–Crippen MR) is 109 cm³/mol. The number of nitrogens with zero attached hydrogens (tertiary/aromatic N) is 3. The summed E-state index contributed by atoms with van der Waals surface area (Å²) in [5.74, 6) is 0.220. The molecule has 5 aromatic rings. The largest absolute Gasteiger partial charge is 0.464 e. The minimum absolute atomic E-state index is 0.0783. The Kier molecular flexibility index (Phi) is 4.48. The molecule has 148 valence electrons. The summed E-state index contributed by atoms with van der Waals surface area (Å²) in [5, 5.41) is 6.98. The highest BCUT2D eigenvalue weighted by Gasteiger charge is 2.21.